The van der Waals surface area contributed by atoms with E-state index in [-0.39, 0.29) is 17.0 Å². The molecule has 1 heterocycles. The number of carboxylic acid groups (broad SMARTS) is 1. The molecule has 0 atom stereocenters. The van der Waals surface area contributed by atoms with E-state index in [9.17, 15) is 18.0 Å². The number of rotatable bonds is 7. The first-order valence-electron chi connectivity index (χ1n) is 9.13. The van der Waals surface area contributed by atoms with Gasteiger partial charge in [-0.2, -0.15) is 13.2 Å². The predicted octanol–water partition coefficient (Wildman–Crippen LogP) is 5.42. The van der Waals surface area contributed by atoms with Crippen LogP contribution in [-0.4, -0.2) is 22.6 Å². The van der Waals surface area contributed by atoms with Crippen molar-refractivity contribution in [2.75, 3.05) is 6.54 Å². The zero-order valence-corrected chi connectivity index (χ0v) is 16.2. The van der Waals surface area contributed by atoms with Crippen LogP contribution in [0, 0.1) is 0 Å². The average molecular weight is 425 g/mol. The first kappa shape index (κ1) is 21.2. The van der Waals surface area contributed by atoms with E-state index in [0.717, 1.165) is 35.9 Å². The minimum atomic E-state index is -4.49. The number of unbranched alkanes of at least 4 members (excludes halogenated alkanes) is 1. The van der Waals surface area contributed by atoms with Gasteiger partial charge in [0.2, 0.25) is 0 Å². The number of aliphatic carboxylic acids is 1. The molecule has 0 aliphatic carbocycles. The lowest BCUT2D eigenvalue weighted by Crippen LogP contribution is -2.05. The van der Waals surface area contributed by atoms with Gasteiger partial charge in [-0.05, 0) is 67.3 Å². The van der Waals surface area contributed by atoms with E-state index >= 15 is 0 Å². The molecule has 0 aliphatic rings. The average Bonchev–Trinajstić information content (AvgIpc) is 2.99. The van der Waals surface area contributed by atoms with Crippen LogP contribution >= 0.6 is 11.6 Å². The number of hydrogen-bond acceptors (Lipinski definition) is 2. The SMILES string of the molecule is NCCCCc1c(-c2cc(C(F)(F)F)ccc2Cl)[nH]c2ccc(CC(=O)O)cc12. The number of carboxylic acids is 1. The number of alkyl halides is 3. The van der Waals surface area contributed by atoms with Gasteiger partial charge < -0.3 is 15.8 Å². The Morgan fingerprint density at radius 3 is 2.55 bits per heavy atom. The van der Waals surface area contributed by atoms with E-state index < -0.39 is 17.7 Å². The molecule has 8 heteroatoms. The third kappa shape index (κ3) is 4.74. The molecule has 0 aliphatic heterocycles. The molecular formula is C21H20ClF3N2O2. The van der Waals surface area contributed by atoms with E-state index in [0.29, 0.717) is 29.7 Å². The summed E-state index contributed by atoms with van der Waals surface area (Å²) >= 11 is 6.26. The van der Waals surface area contributed by atoms with Crippen LogP contribution in [0.5, 0.6) is 0 Å². The minimum absolute atomic E-state index is 0.136. The Kier molecular flexibility index (Phi) is 6.19. The number of H-pyrrole nitrogens is 1. The third-order valence-corrected chi connectivity index (χ3v) is 5.10. The number of hydrogen-bond donors (Lipinski definition) is 3. The van der Waals surface area contributed by atoms with Gasteiger partial charge in [0.05, 0.1) is 17.7 Å². The summed E-state index contributed by atoms with van der Waals surface area (Å²) in [7, 11) is 0. The number of carbonyl (C=O) groups is 1. The maximum absolute atomic E-state index is 13.2. The minimum Gasteiger partial charge on any atom is -0.481 e. The summed E-state index contributed by atoms with van der Waals surface area (Å²) in [6.45, 7) is 0.506. The zero-order chi connectivity index (χ0) is 21.2. The highest BCUT2D eigenvalue weighted by Crippen LogP contribution is 2.39. The molecule has 0 saturated carbocycles. The number of nitrogens with two attached hydrogens (primary N) is 1. The van der Waals surface area contributed by atoms with Gasteiger partial charge in [0.1, 0.15) is 0 Å². The smallest absolute Gasteiger partial charge is 0.416 e. The fourth-order valence-corrected chi connectivity index (χ4v) is 3.62. The second kappa shape index (κ2) is 8.47. The normalized spacial score (nSPS) is 11.9. The molecule has 3 rings (SSSR count). The van der Waals surface area contributed by atoms with Crippen molar-refractivity contribution in [2.24, 2.45) is 5.73 Å². The van der Waals surface area contributed by atoms with Crippen LogP contribution in [0.1, 0.15) is 29.5 Å². The molecule has 3 aromatic rings. The highest BCUT2D eigenvalue weighted by molar-refractivity contribution is 6.33. The summed E-state index contributed by atoms with van der Waals surface area (Å²) in [6, 6.07) is 8.43. The molecule has 0 fully saturated rings. The van der Waals surface area contributed by atoms with Crippen LogP contribution < -0.4 is 5.73 Å². The molecular weight excluding hydrogens is 405 g/mol. The first-order chi connectivity index (χ1) is 13.7. The van der Waals surface area contributed by atoms with E-state index in [1.165, 1.54) is 6.07 Å². The van der Waals surface area contributed by atoms with Crippen molar-refractivity contribution in [3.63, 3.8) is 0 Å². The summed E-state index contributed by atoms with van der Waals surface area (Å²) in [6.07, 6.45) is -2.54. The van der Waals surface area contributed by atoms with E-state index in [1.807, 2.05) is 0 Å². The number of aryl methyl sites for hydroxylation is 1. The number of aromatic amines is 1. The largest absolute Gasteiger partial charge is 0.481 e. The molecule has 0 amide bonds. The van der Waals surface area contributed by atoms with Gasteiger partial charge in [0.15, 0.2) is 0 Å². The second-order valence-corrected chi connectivity index (χ2v) is 7.27. The van der Waals surface area contributed by atoms with Crippen LogP contribution in [0.25, 0.3) is 22.2 Å². The van der Waals surface area contributed by atoms with Gasteiger partial charge in [-0.1, -0.05) is 17.7 Å². The van der Waals surface area contributed by atoms with Crippen molar-refractivity contribution in [3.05, 3.63) is 58.1 Å². The lowest BCUT2D eigenvalue weighted by atomic mass is 9.98. The fourth-order valence-electron chi connectivity index (χ4n) is 3.41. The molecule has 29 heavy (non-hydrogen) atoms. The molecule has 0 bridgehead atoms. The lowest BCUT2D eigenvalue weighted by Gasteiger charge is -2.11. The number of benzene rings is 2. The molecule has 0 saturated heterocycles. The van der Waals surface area contributed by atoms with Gasteiger partial charge in [0.25, 0.3) is 0 Å². The van der Waals surface area contributed by atoms with Gasteiger partial charge in [0, 0.05) is 21.5 Å². The van der Waals surface area contributed by atoms with Gasteiger partial charge >= 0.3 is 12.1 Å². The molecule has 0 unspecified atom stereocenters. The van der Waals surface area contributed by atoms with Crippen molar-refractivity contribution in [3.8, 4) is 11.3 Å². The van der Waals surface area contributed by atoms with Crippen LogP contribution in [0.15, 0.2) is 36.4 Å². The highest BCUT2D eigenvalue weighted by atomic mass is 35.5. The van der Waals surface area contributed by atoms with Crippen molar-refractivity contribution >= 4 is 28.5 Å². The highest BCUT2D eigenvalue weighted by Gasteiger charge is 2.31. The summed E-state index contributed by atoms with van der Waals surface area (Å²) in [5, 5.41) is 10.0. The Balaban J connectivity index is 2.18. The molecule has 2 aromatic carbocycles. The van der Waals surface area contributed by atoms with Crippen LogP contribution in [-0.2, 0) is 23.8 Å². The predicted molar refractivity (Wildman–Crippen MR) is 107 cm³/mol. The van der Waals surface area contributed by atoms with Crippen molar-refractivity contribution < 1.29 is 23.1 Å². The number of nitrogens with one attached hydrogen (secondary N) is 1. The summed E-state index contributed by atoms with van der Waals surface area (Å²) < 4.78 is 39.7. The quantitative estimate of drug-likeness (QED) is 0.443. The van der Waals surface area contributed by atoms with E-state index in [1.54, 1.807) is 18.2 Å². The Morgan fingerprint density at radius 1 is 1.14 bits per heavy atom. The summed E-state index contributed by atoms with van der Waals surface area (Å²) in [4.78, 5) is 14.2. The number of aromatic nitrogens is 1. The lowest BCUT2D eigenvalue weighted by molar-refractivity contribution is -0.138. The second-order valence-electron chi connectivity index (χ2n) is 6.87. The standard InChI is InChI=1S/C21H20ClF3N2O2/c22-17-6-5-13(21(23,24)25)11-16(17)20-14(3-1-2-8-26)15-9-12(10-19(28)29)4-7-18(15)27-20/h4-7,9,11,27H,1-3,8,10,26H2,(H,28,29). The Hall–Kier alpha value is -2.51. The van der Waals surface area contributed by atoms with Crippen molar-refractivity contribution in [2.45, 2.75) is 31.9 Å². The molecule has 1 aromatic heterocycles. The van der Waals surface area contributed by atoms with Crippen LogP contribution in [0.3, 0.4) is 0 Å². The number of fused-ring (bicyclic) bond motifs is 1. The zero-order valence-electron chi connectivity index (χ0n) is 15.4. The van der Waals surface area contributed by atoms with Gasteiger partial charge in [-0.25, -0.2) is 0 Å². The van der Waals surface area contributed by atoms with Crippen LogP contribution in [0.4, 0.5) is 13.2 Å². The van der Waals surface area contributed by atoms with Gasteiger partial charge in [-0.3, -0.25) is 4.79 Å². The molecule has 0 radical (unpaired) electrons. The fraction of sp³-hybridized carbons (Fsp3) is 0.286. The number of halogens is 4. The van der Waals surface area contributed by atoms with Crippen molar-refractivity contribution in [1.29, 1.82) is 0 Å². The van der Waals surface area contributed by atoms with Crippen LogP contribution in [0.2, 0.25) is 5.02 Å². The third-order valence-electron chi connectivity index (χ3n) is 4.77. The molecule has 154 valence electrons. The molecule has 0 spiro atoms. The monoisotopic (exact) mass is 424 g/mol. The maximum Gasteiger partial charge on any atom is 0.416 e. The Morgan fingerprint density at radius 2 is 1.90 bits per heavy atom. The Bertz CT molecular complexity index is 1040. The first-order valence-corrected chi connectivity index (χ1v) is 9.51. The summed E-state index contributed by atoms with van der Waals surface area (Å²) in [5.41, 5.74) is 7.71. The van der Waals surface area contributed by atoms with Crippen molar-refractivity contribution in [1.82, 2.24) is 4.98 Å². The van der Waals surface area contributed by atoms with E-state index in [4.69, 9.17) is 22.4 Å². The molecule has 4 N–H and O–H groups in total. The topological polar surface area (TPSA) is 79.1 Å². The van der Waals surface area contributed by atoms with E-state index in [2.05, 4.69) is 4.98 Å². The Labute approximate surface area is 170 Å². The molecule has 4 nitrogen and oxygen atoms in total. The van der Waals surface area contributed by atoms with Gasteiger partial charge in [-0.15, -0.1) is 0 Å². The summed E-state index contributed by atoms with van der Waals surface area (Å²) in [5.74, 6) is -0.953. The maximum atomic E-state index is 13.2.